The summed E-state index contributed by atoms with van der Waals surface area (Å²) < 4.78 is 0.819. The van der Waals surface area contributed by atoms with E-state index in [0.717, 1.165) is 11.2 Å². The van der Waals surface area contributed by atoms with E-state index < -0.39 is 0 Å². The SMILES string of the molecule is Cc1cc(=S)[nH]cc1[C@@H]1CCCN1. The Bertz CT molecular complexity index is 350. The normalized spacial score (nSPS) is 22.1. The summed E-state index contributed by atoms with van der Waals surface area (Å²) >= 11 is 5.06. The van der Waals surface area contributed by atoms with E-state index in [1.807, 2.05) is 12.3 Å². The highest BCUT2D eigenvalue weighted by atomic mass is 32.1. The van der Waals surface area contributed by atoms with Crippen LogP contribution in [0.4, 0.5) is 0 Å². The zero-order valence-corrected chi connectivity index (χ0v) is 8.58. The number of nitrogens with one attached hydrogen (secondary N) is 2. The lowest BCUT2D eigenvalue weighted by Crippen LogP contribution is -2.14. The van der Waals surface area contributed by atoms with Gasteiger partial charge in [0.2, 0.25) is 0 Å². The van der Waals surface area contributed by atoms with Gasteiger partial charge in [-0.15, -0.1) is 0 Å². The van der Waals surface area contributed by atoms with Gasteiger partial charge in [-0.05, 0) is 43.5 Å². The summed E-state index contributed by atoms with van der Waals surface area (Å²) in [6.45, 7) is 3.26. The van der Waals surface area contributed by atoms with Crippen LogP contribution in [0.1, 0.15) is 30.0 Å². The van der Waals surface area contributed by atoms with Crippen LogP contribution in [0.5, 0.6) is 0 Å². The molecule has 0 saturated carbocycles. The molecule has 0 bridgehead atoms. The minimum absolute atomic E-state index is 0.534. The van der Waals surface area contributed by atoms with Crippen LogP contribution >= 0.6 is 12.2 Å². The van der Waals surface area contributed by atoms with Crippen LogP contribution in [0.25, 0.3) is 0 Å². The van der Waals surface area contributed by atoms with E-state index >= 15 is 0 Å². The number of hydrogen-bond donors (Lipinski definition) is 2. The minimum atomic E-state index is 0.534. The van der Waals surface area contributed by atoms with Crippen LogP contribution < -0.4 is 5.32 Å². The largest absolute Gasteiger partial charge is 0.353 e. The number of rotatable bonds is 1. The van der Waals surface area contributed by atoms with Crippen LogP contribution in [0, 0.1) is 11.6 Å². The fourth-order valence-electron chi connectivity index (χ4n) is 1.91. The van der Waals surface area contributed by atoms with Crippen LogP contribution in [0.3, 0.4) is 0 Å². The van der Waals surface area contributed by atoms with Gasteiger partial charge in [0.1, 0.15) is 4.64 Å². The zero-order valence-electron chi connectivity index (χ0n) is 7.76. The summed E-state index contributed by atoms with van der Waals surface area (Å²) in [5.41, 5.74) is 2.66. The Balaban J connectivity index is 2.34. The summed E-state index contributed by atoms with van der Waals surface area (Å²) in [5, 5.41) is 3.48. The average Bonchev–Trinajstić information content (AvgIpc) is 2.56. The summed E-state index contributed by atoms with van der Waals surface area (Å²) in [6.07, 6.45) is 4.56. The third-order valence-corrected chi connectivity index (χ3v) is 2.84. The molecule has 0 aromatic carbocycles. The standard InChI is InChI=1S/C10H14N2S/c1-7-5-10(13)12-6-8(7)9-3-2-4-11-9/h5-6,9,11H,2-4H2,1H3,(H,12,13)/t9-/m0/s1. The lowest BCUT2D eigenvalue weighted by Gasteiger charge is -2.12. The van der Waals surface area contributed by atoms with Crippen molar-refractivity contribution in [2.45, 2.75) is 25.8 Å². The highest BCUT2D eigenvalue weighted by molar-refractivity contribution is 7.71. The molecule has 0 unspecified atom stereocenters. The van der Waals surface area contributed by atoms with E-state index in [-0.39, 0.29) is 0 Å². The summed E-state index contributed by atoms with van der Waals surface area (Å²) in [7, 11) is 0. The molecule has 1 fully saturated rings. The first-order valence-electron chi connectivity index (χ1n) is 4.70. The second-order valence-corrected chi connectivity index (χ2v) is 4.02. The van der Waals surface area contributed by atoms with Crippen LogP contribution in [-0.4, -0.2) is 11.5 Å². The minimum Gasteiger partial charge on any atom is -0.353 e. The van der Waals surface area contributed by atoms with E-state index in [0.29, 0.717) is 6.04 Å². The van der Waals surface area contributed by atoms with Gasteiger partial charge in [0.25, 0.3) is 0 Å². The monoisotopic (exact) mass is 194 g/mol. The first kappa shape index (κ1) is 8.91. The number of H-pyrrole nitrogens is 1. The van der Waals surface area contributed by atoms with Crippen LogP contribution in [0.15, 0.2) is 12.3 Å². The maximum absolute atomic E-state index is 5.06. The molecule has 3 heteroatoms. The summed E-state index contributed by atoms with van der Waals surface area (Å²) in [4.78, 5) is 3.09. The van der Waals surface area contributed by atoms with Gasteiger partial charge in [0.05, 0.1) is 0 Å². The Hall–Kier alpha value is -0.670. The maximum atomic E-state index is 5.06. The van der Waals surface area contributed by atoms with E-state index in [1.54, 1.807) is 0 Å². The molecule has 0 spiro atoms. The van der Waals surface area contributed by atoms with Crippen LogP contribution in [-0.2, 0) is 0 Å². The molecule has 1 aromatic rings. The second kappa shape index (κ2) is 3.60. The van der Waals surface area contributed by atoms with Gasteiger partial charge in [-0.25, -0.2) is 0 Å². The predicted octanol–water partition coefficient (Wildman–Crippen LogP) is 2.48. The highest BCUT2D eigenvalue weighted by Gasteiger charge is 2.17. The van der Waals surface area contributed by atoms with E-state index in [1.165, 1.54) is 24.0 Å². The molecule has 0 amide bonds. The molecule has 1 saturated heterocycles. The van der Waals surface area contributed by atoms with Gasteiger partial charge in [-0.3, -0.25) is 0 Å². The molecule has 2 N–H and O–H groups in total. The summed E-state index contributed by atoms with van der Waals surface area (Å²) in [5.74, 6) is 0. The van der Waals surface area contributed by atoms with Crippen molar-refractivity contribution in [1.29, 1.82) is 0 Å². The molecule has 70 valence electrons. The highest BCUT2D eigenvalue weighted by Crippen LogP contribution is 2.24. The van der Waals surface area contributed by atoms with Crippen molar-refractivity contribution >= 4 is 12.2 Å². The zero-order chi connectivity index (χ0) is 9.26. The van der Waals surface area contributed by atoms with E-state index in [9.17, 15) is 0 Å². The Kier molecular flexibility index (Phi) is 2.47. The van der Waals surface area contributed by atoms with Gasteiger partial charge in [0, 0.05) is 12.2 Å². The third-order valence-electron chi connectivity index (χ3n) is 2.61. The molecular weight excluding hydrogens is 180 g/mol. The van der Waals surface area contributed by atoms with Crippen LogP contribution in [0.2, 0.25) is 0 Å². The Morgan fingerprint density at radius 1 is 1.54 bits per heavy atom. The van der Waals surface area contributed by atoms with Crippen molar-refractivity contribution in [3.63, 3.8) is 0 Å². The number of pyridine rings is 1. The maximum Gasteiger partial charge on any atom is 0.103 e. The first-order valence-corrected chi connectivity index (χ1v) is 5.11. The lowest BCUT2D eigenvalue weighted by atomic mass is 10.0. The van der Waals surface area contributed by atoms with Crippen molar-refractivity contribution in [2.24, 2.45) is 0 Å². The molecule has 1 atom stereocenters. The molecule has 2 rings (SSSR count). The predicted molar refractivity (Wildman–Crippen MR) is 56.3 cm³/mol. The number of aromatic amines is 1. The molecule has 0 aliphatic carbocycles. The number of hydrogen-bond acceptors (Lipinski definition) is 2. The van der Waals surface area contributed by atoms with Crippen molar-refractivity contribution in [3.8, 4) is 0 Å². The molecule has 2 heterocycles. The summed E-state index contributed by atoms with van der Waals surface area (Å²) in [6, 6.07) is 2.57. The molecule has 13 heavy (non-hydrogen) atoms. The van der Waals surface area contributed by atoms with Gasteiger partial charge in [-0.1, -0.05) is 12.2 Å². The fraction of sp³-hybridized carbons (Fsp3) is 0.500. The van der Waals surface area contributed by atoms with E-state index in [2.05, 4.69) is 17.2 Å². The fourth-order valence-corrected chi connectivity index (χ4v) is 2.15. The molecule has 2 nitrogen and oxygen atoms in total. The Labute approximate surface area is 83.4 Å². The molecule has 0 radical (unpaired) electrons. The van der Waals surface area contributed by atoms with Crippen molar-refractivity contribution in [1.82, 2.24) is 10.3 Å². The van der Waals surface area contributed by atoms with Crippen molar-refractivity contribution in [3.05, 3.63) is 28.0 Å². The van der Waals surface area contributed by atoms with Gasteiger partial charge in [0.15, 0.2) is 0 Å². The third kappa shape index (κ3) is 1.81. The smallest absolute Gasteiger partial charge is 0.103 e. The van der Waals surface area contributed by atoms with Gasteiger partial charge >= 0.3 is 0 Å². The second-order valence-electron chi connectivity index (χ2n) is 3.58. The topological polar surface area (TPSA) is 27.8 Å². The molecule has 1 aliphatic heterocycles. The lowest BCUT2D eigenvalue weighted by molar-refractivity contribution is 0.640. The van der Waals surface area contributed by atoms with Gasteiger partial charge in [-0.2, -0.15) is 0 Å². The Morgan fingerprint density at radius 3 is 3.00 bits per heavy atom. The van der Waals surface area contributed by atoms with Gasteiger partial charge < -0.3 is 10.3 Å². The Morgan fingerprint density at radius 2 is 2.38 bits per heavy atom. The molecule has 1 aromatic heterocycles. The van der Waals surface area contributed by atoms with Crippen molar-refractivity contribution in [2.75, 3.05) is 6.54 Å². The van der Waals surface area contributed by atoms with E-state index in [4.69, 9.17) is 12.2 Å². The average molecular weight is 194 g/mol. The quantitative estimate of drug-likeness (QED) is 0.672. The molecule has 1 aliphatic rings. The number of aryl methyl sites for hydroxylation is 1. The number of aromatic nitrogens is 1. The molecular formula is C10H14N2S. The first-order chi connectivity index (χ1) is 6.27. The van der Waals surface area contributed by atoms with Crippen molar-refractivity contribution < 1.29 is 0 Å².